The van der Waals surface area contributed by atoms with Gasteiger partial charge in [0.15, 0.2) is 0 Å². The Kier molecular flexibility index (Phi) is 14.6. The summed E-state index contributed by atoms with van der Waals surface area (Å²) in [6.07, 6.45) is 6.10. The number of hydrogen-bond donors (Lipinski definition) is 8. The highest BCUT2D eigenvalue weighted by atomic mass is 35.5. The van der Waals surface area contributed by atoms with E-state index in [0.717, 1.165) is 22.0 Å². The molecule has 0 unspecified atom stereocenters. The van der Waals surface area contributed by atoms with Crippen LogP contribution in [0.4, 0.5) is 0 Å². The number of unbranched alkanes of at least 4 members (excludes halogenated alkanes) is 1. The summed E-state index contributed by atoms with van der Waals surface area (Å²) in [5.41, 5.74) is 15.6. The number of carboxylic acids is 1. The molecule has 3 aromatic carbocycles. The van der Waals surface area contributed by atoms with Gasteiger partial charge in [-0.3, -0.25) is 14.4 Å². The van der Waals surface area contributed by atoms with Gasteiger partial charge in [-0.05, 0) is 103 Å². The standard InChI is InChI=1S/C43H49ClN8O6S/c1-52-36(20-27-23-48-33-10-3-2-9-29(27)33)40(55)50-24-31-28(25-13-14-30(43(57)58)37(53)21-25)15-16-32(44)38(31)59-41-26(8-7-19-47-41)22-49-34(12-6-18-46)39(54)51-35(42(52)56)11-4-5-17-45/h2-3,7-10,13-16,19,21,23,34-36,48-49,53H,4-6,11-12,17-18,20,22,24,45-46H2,1H3,(H,50,55)(H,51,54)(H,57,58)/t34-,35-,36-/m0/s1. The minimum absolute atomic E-state index is 0.0663. The highest BCUT2D eigenvalue weighted by Gasteiger charge is 2.34. The molecule has 16 heteroatoms. The number of hydrogen-bond acceptors (Lipinski definition) is 10. The van der Waals surface area contributed by atoms with Crippen molar-refractivity contribution in [1.82, 2.24) is 30.8 Å². The first-order valence-electron chi connectivity index (χ1n) is 19.5. The third kappa shape index (κ3) is 10.2. The molecule has 310 valence electrons. The number of carbonyl (C=O) groups is 4. The van der Waals surface area contributed by atoms with Gasteiger partial charge in [-0.15, -0.1) is 0 Å². The lowest BCUT2D eigenvalue weighted by atomic mass is 9.97. The van der Waals surface area contributed by atoms with Crippen molar-refractivity contribution in [3.05, 3.63) is 106 Å². The van der Waals surface area contributed by atoms with Gasteiger partial charge in [-0.2, -0.15) is 0 Å². The van der Waals surface area contributed by atoms with Gasteiger partial charge in [0.05, 0.1) is 11.1 Å². The Labute approximate surface area is 351 Å². The zero-order valence-corrected chi connectivity index (χ0v) is 34.2. The molecular formula is C43H49ClN8O6S. The van der Waals surface area contributed by atoms with Crippen LogP contribution in [-0.4, -0.2) is 87.0 Å². The van der Waals surface area contributed by atoms with E-state index in [1.807, 2.05) is 36.5 Å². The van der Waals surface area contributed by atoms with Crippen LogP contribution in [0.3, 0.4) is 0 Å². The third-order valence-corrected chi connectivity index (χ3v) is 12.2. The number of carbonyl (C=O) groups excluding carboxylic acids is 3. The van der Waals surface area contributed by atoms with E-state index in [4.69, 9.17) is 23.1 Å². The Morgan fingerprint density at radius 2 is 1.73 bits per heavy atom. The van der Waals surface area contributed by atoms with Crippen LogP contribution >= 0.6 is 23.4 Å². The van der Waals surface area contributed by atoms with Crippen LogP contribution in [0.2, 0.25) is 5.02 Å². The van der Waals surface area contributed by atoms with E-state index in [0.29, 0.717) is 76.8 Å². The maximum absolute atomic E-state index is 14.7. The fourth-order valence-corrected chi connectivity index (χ4v) is 8.64. The Morgan fingerprint density at radius 3 is 2.49 bits per heavy atom. The van der Waals surface area contributed by atoms with Crippen molar-refractivity contribution in [1.29, 1.82) is 0 Å². The van der Waals surface area contributed by atoms with Gasteiger partial charge in [-0.1, -0.05) is 59.8 Å². The number of aromatic carboxylic acids is 1. The van der Waals surface area contributed by atoms with Crippen molar-refractivity contribution in [2.45, 2.75) is 79.7 Å². The number of fused-ring (bicyclic) bond motifs is 3. The van der Waals surface area contributed by atoms with E-state index in [1.54, 1.807) is 37.5 Å². The van der Waals surface area contributed by atoms with Crippen LogP contribution in [-0.2, 0) is 33.9 Å². The van der Waals surface area contributed by atoms with Gasteiger partial charge in [0, 0.05) is 54.8 Å². The minimum atomic E-state index is -1.28. The summed E-state index contributed by atoms with van der Waals surface area (Å²) in [5.74, 6) is -2.97. The number of nitrogens with zero attached hydrogens (tertiary/aromatic N) is 2. The summed E-state index contributed by atoms with van der Waals surface area (Å²) in [7, 11) is 1.57. The summed E-state index contributed by atoms with van der Waals surface area (Å²) in [6.45, 7) is 0.952. The van der Waals surface area contributed by atoms with Crippen molar-refractivity contribution in [2.24, 2.45) is 11.5 Å². The Morgan fingerprint density at radius 1 is 0.949 bits per heavy atom. The molecule has 3 amide bonds. The lowest BCUT2D eigenvalue weighted by molar-refractivity contribution is -0.142. The quantitative estimate of drug-likeness (QED) is 0.0831. The molecule has 59 heavy (non-hydrogen) atoms. The molecule has 0 radical (unpaired) electrons. The first kappa shape index (κ1) is 43.1. The molecule has 2 aromatic heterocycles. The number of phenols is 1. The largest absolute Gasteiger partial charge is 0.507 e. The Bertz CT molecular complexity index is 2320. The maximum atomic E-state index is 14.7. The summed E-state index contributed by atoms with van der Waals surface area (Å²) in [6, 6.07) is 16.4. The molecule has 14 nitrogen and oxygen atoms in total. The minimum Gasteiger partial charge on any atom is -0.507 e. The normalized spacial score (nSPS) is 18.1. The molecule has 1 aliphatic rings. The molecule has 0 saturated carbocycles. The number of pyridine rings is 1. The summed E-state index contributed by atoms with van der Waals surface area (Å²) >= 11 is 8.26. The van der Waals surface area contributed by atoms with Crippen molar-refractivity contribution >= 4 is 58.0 Å². The number of carboxylic acid groups (broad SMARTS) is 1. The molecule has 6 rings (SSSR count). The predicted molar refractivity (Wildman–Crippen MR) is 228 cm³/mol. The third-order valence-electron chi connectivity index (χ3n) is 10.6. The number of halogens is 1. The zero-order valence-electron chi connectivity index (χ0n) is 32.7. The summed E-state index contributed by atoms with van der Waals surface area (Å²) in [5, 5.41) is 31.7. The topological polar surface area (TPSA) is 229 Å². The average molecular weight is 841 g/mol. The van der Waals surface area contributed by atoms with Gasteiger partial charge in [0.1, 0.15) is 28.4 Å². The monoisotopic (exact) mass is 840 g/mol. The van der Waals surface area contributed by atoms with Crippen molar-refractivity contribution < 1.29 is 29.4 Å². The first-order valence-corrected chi connectivity index (χ1v) is 20.7. The molecule has 10 N–H and O–H groups in total. The lowest BCUT2D eigenvalue weighted by Gasteiger charge is -2.32. The second kappa shape index (κ2) is 20.0. The maximum Gasteiger partial charge on any atom is 0.339 e. The number of likely N-dealkylation sites (N-methyl/N-ethyl adjacent to an activating group) is 1. The summed E-state index contributed by atoms with van der Waals surface area (Å²) < 4.78 is 0. The Hall–Kier alpha value is -5.45. The van der Waals surface area contributed by atoms with Crippen LogP contribution in [0, 0.1) is 0 Å². The van der Waals surface area contributed by atoms with Gasteiger partial charge in [-0.25, -0.2) is 9.78 Å². The van der Waals surface area contributed by atoms with Crippen molar-refractivity contribution in [3.8, 4) is 16.9 Å². The van der Waals surface area contributed by atoms with Gasteiger partial charge < -0.3 is 47.5 Å². The predicted octanol–water partition coefficient (Wildman–Crippen LogP) is 4.95. The molecule has 0 fully saturated rings. The van der Waals surface area contributed by atoms with E-state index >= 15 is 0 Å². The van der Waals surface area contributed by atoms with Crippen LogP contribution in [0.5, 0.6) is 5.75 Å². The van der Waals surface area contributed by atoms with E-state index < -0.39 is 41.7 Å². The molecule has 3 heterocycles. The van der Waals surface area contributed by atoms with Crippen LogP contribution in [0.25, 0.3) is 22.0 Å². The molecule has 0 saturated heterocycles. The van der Waals surface area contributed by atoms with E-state index in [2.05, 4.69) is 25.9 Å². The number of para-hydroxylation sites is 1. The second-order valence-corrected chi connectivity index (χ2v) is 15.9. The molecule has 0 aliphatic carbocycles. The highest BCUT2D eigenvalue weighted by Crippen LogP contribution is 2.42. The van der Waals surface area contributed by atoms with Gasteiger partial charge in [0.2, 0.25) is 17.7 Å². The van der Waals surface area contributed by atoms with Gasteiger partial charge in [0.25, 0.3) is 0 Å². The van der Waals surface area contributed by atoms with Crippen LogP contribution < -0.4 is 27.4 Å². The molecular weight excluding hydrogens is 792 g/mol. The number of aromatic amines is 1. The number of nitrogens with two attached hydrogens (primary N) is 2. The number of aromatic hydroxyl groups is 1. The number of amides is 3. The van der Waals surface area contributed by atoms with E-state index in [-0.39, 0.29) is 31.0 Å². The lowest BCUT2D eigenvalue weighted by Crippen LogP contribution is -2.57. The molecule has 1 aliphatic heterocycles. The molecule has 0 spiro atoms. The summed E-state index contributed by atoms with van der Waals surface area (Å²) in [4.78, 5) is 65.1. The number of nitrogens with one attached hydrogen (secondary N) is 4. The van der Waals surface area contributed by atoms with Crippen molar-refractivity contribution in [2.75, 3.05) is 20.1 Å². The van der Waals surface area contributed by atoms with Crippen molar-refractivity contribution in [3.63, 3.8) is 0 Å². The van der Waals surface area contributed by atoms with E-state index in [9.17, 15) is 29.4 Å². The SMILES string of the molecule is CN1C(=O)[C@H](CCCCN)NC(=O)[C@H](CCCN)NCc2cccnc2Sc2c(Cl)ccc(-c3ccc(C(=O)O)c(O)c3)c2CNC(=O)[C@@H]1Cc1c[nH]c2ccccc12. The molecule has 5 aromatic rings. The molecule has 3 atom stereocenters. The second-order valence-electron chi connectivity index (χ2n) is 14.5. The smallest absolute Gasteiger partial charge is 0.339 e. The number of benzene rings is 3. The van der Waals surface area contributed by atoms with Crippen LogP contribution in [0.15, 0.2) is 89.0 Å². The number of rotatable bonds is 11. The fraction of sp³-hybridized carbons (Fsp3) is 0.326. The fourth-order valence-electron chi connectivity index (χ4n) is 7.29. The first-order chi connectivity index (χ1) is 28.5. The zero-order chi connectivity index (χ0) is 42.1. The molecule has 0 bridgehead atoms. The van der Waals surface area contributed by atoms with Crippen LogP contribution in [0.1, 0.15) is 59.2 Å². The highest BCUT2D eigenvalue weighted by molar-refractivity contribution is 7.99. The number of H-pyrrole nitrogens is 1. The average Bonchev–Trinajstić information content (AvgIpc) is 3.64. The number of aromatic nitrogens is 2. The van der Waals surface area contributed by atoms with E-state index in [1.165, 1.54) is 28.8 Å². The van der Waals surface area contributed by atoms with Gasteiger partial charge >= 0.3 is 5.97 Å². The Balaban J connectivity index is 1.49.